The van der Waals surface area contributed by atoms with Gasteiger partial charge in [0.1, 0.15) is 17.5 Å². The van der Waals surface area contributed by atoms with Crippen LogP contribution >= 0.6 is 0 Å². The van der Waals surface area contributed by atoms with E-state index in [1.165, 1.54) is 12.3 Å². The molecule has 0 aliphatic rings. The Kier molecular flexibility index (Phi) is 7.51. The Morgan fingerprint density at radius 2 is 1.54 bits per heavy atom. The van der Waals surface area contributed by atoms with Gasteiger partial charge >= 0.3 is 11.9 Å². The molecule has 1 atom stereocenters. The third kappa shape index (κ3) is 6.39. The Hall–Kier alpha value is -3.41. The van der Waals surface area contributed by atoms with Gasteiger partial charge in [-0.15, -0.1) is 0 Å². The van der Waals surface area contributed by atoms with E-state index in [-0.39, 0.29) is 5.92 Å². The molecule has 146 valence electrons. The van der Waals surface area contributed by atoms with Crippen LogP contribution in [0.3, 0.4) is 0 Å². The average Bonchev–Trinajstić information content (AvgIpc) is 2.67. The lowest BCUT2D eigenvalue weighted by Crippen LogP contribution is -2.24. The minimum Gasteiger partial charge on any atom is -0.497 e. The number of methoxy groups -OCH3 is 1. The van der Waals surface area contributed by atoms with Gasteiger partial charge in [-0.3, -0.25) is 4.99 Å². The quantitative estimate of drug-likeness (QED) is 0.325. The van der Waals surface area contributed by atoms with Gasteiger partial charge in [0, 0.05) is 12.3 Å². The van der Waals surface area contributed by atoms with Crippen molar-refractivity contribution < 1.29 is 24.2 Å². The number of ether oxygens (including phenoxy) is 2. The molecule has 0 heterocycles. The summed E-state index contributed by atoms with van der Waals surface area (Å²) in [5.74, 6) is -0.429. The molecule has 28 heavy (non-hydrogen) atoms. The summed E-state index contributed by atoms with van der Waals surface area (Å²) in [6.45, 7) is 3.61. The van der Waals surface area contributed by atoms with Crippen molar-refractivity contribution in [3.63, 3.8) is 0 Å². The lowest BCUT2D eigenvalue weighted by molar-refractivity contribution is -0.139. The van der Waals surface area contributed by atoms with Crippen LogP contribution < -0.4 is 9.47 Å². The molecule has 0 radical (unpaired) electrons. The van der Waals surface area contributed by atoms with Crippen LogP contribution in [0.15, 0.2) is 59.6 Å². The van der Waals surface area contributed by atoms with Crippen molar-refractivity contribution in [2.24, 2.45) is 10.9 Å². The van der Waals surface area contributed by atoms with Gasteiger partial charge in [0.15, 0.2) is 0 Å². The first-order chi connectivity index (χ1) is 13.4. The molecule has 1 N–H and O–H groups in total. The fraction of sp³-hybridized carbons (Fsp3) is 0.227. The molecular formula is C22H23NO5. The number of aliphatic carboxylic acids is 1. The summed E-state index contributed by atoms with van der Waals surface area (Å²) >= 11 is 0. The molecule has 0 spiro atoms. The van der Waals surface area contributed by atoms with E-state index in [1.54, 1.807) is 63.4 Å². The summed E-state index contributed by atoms with van der Waals surface area (Å²) in [6, 6.07) is 13.2. The summed E-state index contributed by atoms with van der Waals surface area (Å²) in [5.41, 5.74) is 1.57. The molecular weight excluding hydrogens is 358 g/mol. The molecule has 2 rings (SSSR count). The monoisotopic (exact) mass is 381 g/mol. The fourth-order valence-corrected chi connectivity index (χ4v) is 2.34. The molecule has 0 aromatic heterocycles. The Labute approximate surface area is 164 Å². The highest BCUT2D eigenvalue weighted by Gasteiger charge is 2.19. The first-order valence-corrected chi connectivity index (χ1v) is 8.79. The Balaban J connectivity index is 1.94. The predicted molar refractivity (Wildman–Crippen MR) is 108 cm³/mol. The fourth-order valence-electron chi connectivity index (χ4n) is 2.34. The van der Waals surface area contributed by atoms with Gasteiger partial charge in [-0.2, -0.15) is 0 Å². The zero-order valence-corrected chi connectivity index (χ0v) is 16.0. The SMILES string of the molecule is COc1ccc(/C=C/C(=O)Oc2ccc(/C=N/C(C(=O)O)C(C)C)cc2)cc1. The van der Waals surface area contributed by atoms with E-state index in [0.717, 1.165) is 16.9 Å². The predicted octanol–water partition coefficient (Wildman–Crippen LogP) is 3.84. The highest BCUT2D eigenvalue weighted by atomic mass is 16.5. The van der Waals surface area contributed by atoms with Crippen LogP contribution in [0.25, 0.3) is 6.08 Å². The van der Waals surface area contributed by atoms with Gasteiger partial charge in [-0.05, 0) is 59.5 Å². The van der Waals surface area contributed by atoms with Gasteiger partial charge < -0.3 is 14.6 Å². The van der Waals surface area contributed by atoms with Crippen LogP contribution in [0.2, 0.25) is 0 Å². The summed E-state index contributed by atoms with van der Waals surface area (Å²) in [4.78, 5) is 27.2. The van der Waals surface area contributed by atoms with Crippen LogP contribution in [0.4, 0.5) is 0 Å². The van der Waals surface area contributed by atoms with E-state index >= 15 is 0 Å². The number of aliphatic imine (C=N–C) groups is 1. The summed E-state index contributed by atoms with van der Waals surface area (Å²) in [7, 11) is 1.59. The minimum absolute atomic E-state index is 0.105. The van der Waals surface area contributed by atoms with Gasteiger partial charge in [0.2, 0.25) is 0 Å². The van der Waals surface area contributed by atoms with Crippen molar-refractivity contribution in [2.75, 3.05) is 7.11 Å². The molecule has 0 aliphatic heterocycles. The Morgan fingerprint density at radius 3 is 2.07 bits per heavy atom. The standard InChI is InChI=1S/C22H23NO5/c1-15(2)21(22(25)26)23-14-17-6-11-19(12-7-17)28-20(24)13-8-16-4-9-18(27-3)10-5-16/h4-15,21H,1-3H3,(H,25,26)/b13-8+,23-14+. The van der Waals surface area contributed by atoms with Gasteiger partial charge in [0.05, 0.1) is 7.11 Å². The van der Waals surface area contributed by atoms with Crippen LogP contribution in [0, 0.1) is 5.92 Å². The number of rotatable bonds is 8. The molecule has 0 saturated heterocycles. The normalized spacial score (nSPS) is 12.4. The van der Waals surface area contributed by atoms with Gasteiger partial charge in [-0.1, -0.05) is 26.0 Å². The number of nitrogens with zero attached hydrogens (tertiary/aromatic N) is 1. The first kappa shape index (κ1) is 20.9. The number of benzene rings is 2. The highest BCUT2D eigenvalue weighted by molar-refractivity contribution is 5.89. The largest absolute Gasteiger partial charge is 0.497 e. The maximum Gasteiger partial charge on any atom is 0.336 e. The van der Waals surface area contributed by atoms with Crippen molar-refractivity contribution in [1.29, 1.82) is 0 Å². The Morgan fingerprint density at radius 1 is 0.964 bits per heavy atom. The maximum atomic E-state index is 11.9. The number of carbonyl (C=O) groups excluding carboxylic acids is 1. The number of hydrogen-bond acceptors (Lipinski definition) is 5. The third-order valence-electron chi connectivity index (χ3n) is 3.89. The van der Waals surface area contributed by atoms with E-state index in [9.17, 15) is 9.59 Å². The van der Waals surface area contributed by atoms with E-state index in [1.807, 2.05) is 12.1 Å². The van der Waals surface area contributed by atoms with Crippen LogP contribution in [0.5, 0.6) is 11.5 Å². The second-order valence-electron chi connectivity index (χ2n) is 6.40. The molecule has 6 heteroatoms. The number of hydrogen-bond donors (Lipinski definition) is 1. The van der Waals surface area contributed by atoms with Crippen molar-refractivity contribution in [3.05, 3.63) is 65.7 Å². The van der Waals surface area contributed by atoms with Gasteiger partial charge in [-0.25, -0.2) is 9.59 Å². The average molecular weight is 381 g/mol. The van der Waals surface area contributed by atoms with Crippen LogP contribution in [-0.2, 0) is 9.59 Å². The van der Waals surface area contributed by atoms with Crippen molar-refractivity contribution in [2.45, 2.75) is 19.9 Å². The van der Waals surface area contributed by atoms with Crippen molar-refractivity contribution >= 4 is 24.2 Å². The second-order valence-corrected chi connectivity index (χ2v) is 6.40. The van der Waals surface area contributed by atoms with Gasteiger partial charge in [0.25, 0.3) is 0 Å². The summed E-state index contributed by atoms with van der Waals surface area (Å²) < 4.78 is 10.3. The van der Waals surface area contributed by atoms with Crippen molar-refractivity contribution in [3.8, 4) is 11.5 Å². The van der Waals surface area contributed by atoms with Crippen LogP contribution in [0.1, 0.15) is 25.0 Å². The molecule has 0 fully saturated rings. The molecule has 2 aromatic carbocycles. The highest BCUT2D eigenvalue weighted by Crippen LogP contribution is 2.14. The third-order valence-corrected chi connectivity index (χ3v) is 3.89. The first-order valence-electron chi connectivity index (χ1n) is 8.79. The molecule has 0 bridgehead atoms. The van der Waals surface area contributed by atoms with E-state index in [2.05, 4.69) is 4.99 Å². The number of carbonyl (C=O) groups is 2. The van der Waals surface area contributed by atoms with E-state index < -0.39 is 18.0 Å². The zero-order chi connectivity index (χ0) is 20.5. The molecule has 2 aromatic rings. The number of esters is 1. The minimum atomic E-state index is -0.958. The Bertz CT molecular complexity index is 852. The van der Waals surface area contributed by atoms with Crippen LogP contribution in [-0.4, -0.2) is 36.4 Å². The number of carboxylic acids is 1. The maximum absolute atomic E-state index is 11.9. The van der Waals surface area contributed by atoms with E-state index in [4.69, 9.17) is 14.6 Å². The van der Waals surface area contributed by atoms with Crippen molar-refractivity contribution in [1.82, 2.24) is 0 Å². The molecule has 0 aliphatic carbocycles. The topological polar surface area (TPSA) is 85.2 Å². The summed E-state index contributed by atoms with van der Waals surface area (Å²) in [6.07, 6.45) is 4.51. The number of carboxylic acid groups (broad SMARTS) is 1. The lowest BCUT2D eigenvalue weighted by Gasteiger charge is -2.10. The van der Waals surface area contributed by atoms with E-state index in [0.29, 0.717) is 5.75 Å². The lowest BCUT2D eigenvalue weighted by atomic mass is 10.1. The smallest absolute Gasteiger partial charge is 0.336 e. The second kappa shape index (κ2) is 10.1. The molecule has 0 amide bonds. The molecule has 0 saturated carbocycles. The summed E-state index contributed by atoms with van der Waals surface area (Å²) in [5, 5.41) is 9.14. The molecule has 6 nitrogen and oxygen atoms in total. The zero-order valence-electron chi connectivity index (χ0n) is 16.0. The molecule has 1 unspecified atom stereocenters.